The van der Waals surface area contributed by atoms with Crippen LogP contribution in [0.1, 0.15) is 39.5 Å². The quantitative estimate of drug-likeness (QED) is 0.570. The van der Waals surface area contributed by atoms with Crippen LogP contribution in [0.25, 0.3) is 0 Å². The summed E-state index contributed by atoms with van der Waals surface area (Å²) >= 11 is 0. The molecule has 0 aliphatic rings. The molecule has 0 unspecified atom stereocenters. The molecule has 0 saturated heterocycles. The molecule has 0 rings (SSSR count). The lowest BCUT2D eigenvalue weighted by molar-refractivity contribution is -0.120. The summed E-state index contributed by atoms with van der Waals surface area (Å²) in [4.78, 5) is 21.8. The lowest BCUT2D eigenvalue weighted by atomic mass is 10.0. The second-order valence-electron chi connectivity index (χ2n) is 2.98. The van der Waals surface area contributed by atoms with Crippen molar-refractivity contribution in [3.05, 3.63) is 12.2 Å². The van der Waals surface area contributed by atoms with Crippen molar-refractivity contribution in [2.24, 2.45) is 0 Å². The Labute approximate surface area is 73.7 Å². The van der Waals surface area contributed by atoms with E-state index in [1.165, 1.54) is 6.92 Å². The van der Waals surface area contributed by atoms with Crippen LogP contribution in [-0.4, -0.2) is 11.6 Å². The minimum absolute atomic E-state index is 0.0835. The van der Waals surface area contributed by atoms with Crippen LogP contribution in [0.4, 0.5) is 0 Å². The average molecular weight is 168 g/mol. The summed E-state index contributed by atoms with van der Waals surface area (Å²) in [6.45, 7) is 7.01. The predicted molar refractivity (Wildman–Crippen MR) is 49.0 cm³/mol. The summed E-state index contributed by atoms with van der Waals surface area (Å²) in [6, 6.07) is 0. The fourth-order valence-electron chi connectivity index (χ4n) is 0.825. The SMILES string of the molecule is C=C(CC(=O)CCCC)C(C)=O. The van der Waals surface area contributed by atoms with Gasteiger partial charge in [0.2, 0.25) is 0 Å². The van der Waals surface area contributed by atoms with Gasteiger partial charge in [0.15, 0.2) is 5.78 Å². The van der Waals surface area contributed by atoms with Gasteiger partial charge >= 0.3 is 0 Å². The third-order valence-corrected chi connectivity index (χ3v) is 1.72. The molecule has 0 aliphatic carbocycles. The molecule has 0 aromatic heterocycles. The van der Waals surface area contributed by atoms with E-state index in [0.717, 1.165) is 12.8 Å². The van der Waals surface area contributed by atoms with E-state index in [1.54, 1.807) is 0 Å². The van der Waals surface area contributed by atoms with Gasteiger partial charge in [0, 0.05) is 12.8 Å². The van der Waals surface area contributed by atoms with Gasteiger partial charge in [0.05, 0.1) is 0 Å². The van der Waals surface area contributed by atoms with Crippen LogP contribution in [0.5, 0.6) is 0 Å². The molecule has 0 heterocycles. The van der Waals surface area contributed by atoms with Crippen LogP contribution in [0.2, 0.25) is 0 Å². The smallest absolute Gasteiger partial charge is 0.155 e. The number of Topliss-reactive ketones (excluding diaryl/α,β-unsaturated/α-hetero) is 2. The highest BCUT2D eigenvalue weighted by Gasteiger charge is 2.06. The van der Waals surface area contributed by atoms with Gasteiger partial charge < -0.3 is 0 Å². The van der Waals surface area contributed by atoms with Gasteiger partial charge in [0.25, 0.3) is 0 Å². The van der Waals surface area contributed by atoms with Crippen molar-refractivity contribution in [2.75, 3.05) is 0 Å². The fraction of sp³-hybridized carbons (Fsp3) is 0.600. The van der Waals surface area contributed by atoms with Crippen molar-refractivity contribution < 1.29 is 9.59 Å². The Kier molecular flexibility index (Phi) is 5.26. The Bertz CT molecular complexity index is 192. The molecule has 0 fully saturated rings. The highest BCUT2D eigenvalue weighted by Crippen LogP contribution is 2.05. The maximum Gasteiger partial charge on any atom is 0.155 e. The summed E-state index contributed by atoms with van der Waals surface area (Å²) in [6.07, 6.45) is 2.72. The summed E-state index contributed by atoms with van der Waals surface area (Å²) in [7, 11) is 0. The van der Waals surface area contributed by atoms with E-state index >= 15 is 0 Å². The topological polar surface area (TPSA) is 34.1 Å². The van der Waals surface area contributed by atoms with Crippen molar-refractivity contribution in [2.45, 2.75) is 39.5 Å². The number of ketones is 2. The molecule has 2 nitrogen and oxygen atoms in total. The lowest BCUT2D eigenvalue weighted by Crippen LogP contribution is -2.04. The van der Waals surface area contributed by atoms with Gasteiger partial charge in [0.1, 0.15) is 5.78 Å². The van der Waals surface area contributed by atoms with E-state index in [1.807, 2.05) is 6.92 Å². The number of unbranched alkanes of at least 4 members (excludes halogenated alkanes) is 1. The van der Waals surface area contributed by atoms with Crippen LogP contribution < -0.4 is 0 Å². The lowest BCUT2D eigenvalue weighted by Gasteiger charge is -1.99. The van der Waals surface area contributed by atoms with Crippen molar-refractivity contribution in [3.63, 3.8) is 0 Å². The molecule has 0 bridgehead atoms. The Morgan fingerprint density at radius 1 is 1.33 bits per heavy atom. The molecular formula is C10H16O2. The molecule has 0 N–H and O–H groups in total. The van der Waals surface area contributed by atoms with Crippen molar-refractivity contribution in [3.8, 4) is 0 Å². The van der Waals surface area contributed by atoms with E-state index in [4.69, 9.17) is 0 Å². The first kappa shape index (κ1) is 11.1. The zero-order chi connectivity index (χ0) is 9.56. The number of rotatable bonds is 6. The fourth-order valence-corrected chi connectivity index (χ4v) is 0.825. The molecule has 2 heteroatoms. The van der Waals surface area contributed by atoms with Gasteiger partial charge in [-0.25, -0.2) is 0 Å². The number of hydrogen-bond acceptors (Lipinski definition) is 2. The van der Waals surface area contributed by atoms with E-state index in [-0.39, 0.29) is 18.0 Å². The van der Waals surface area contributed by atoms with Gasteiger partial charge in [-0.2, -0.15) is 0 Å². The number of hydrogen-bond donors (Lipinski definition) is 0. The molecule has 0 aromatic carbocycles. The zero-order valence-corrected chi connectivity index (χ0v) is 7.85. The maximum atomic E-state index is 11.1. The molecule has 12 heavy (non-hydrogen) atoms. The number of carbonyl (C=O) groups is 2. The Hall–Kier alpha value is -0.920. The molecule has 68 valence electrons. The third kappa shape index (κ3) is 4.83. The highest BCUT2D eigenvalue weighted by molar-refractivity contribution is 5.98. The molecule has 0 saturated carbocycles. The normalized spacial score (nSPS) is 9.50. The summed E-state index contributed by atoms with van der Waals surface area (Å²) in [5.74, 6) is 0.0388. The van der Waals surface area contributed by atoms with Gasteiger partial charge in [-0.05, 0) is 18.9 Å². The van der Waals surface area contributed by atoms with E-state index in [0.29, 0.717) is 12.0 Å². The monoisotopic (exact) mass is 168 g/mol. The van der Waals surface area contributed by atoms with Crippen LogP contribution in [0.15, 0.2) is 12.2 Å². The van der Waals surface area contributed by atoms with E-state index < -0.39 is 0 Å². The second-order valence-corrected chi connectivity index (χ2v) is 2.98. The van der Waals surface area contributed by atoms with Crippen molar-refractivity contribution in [1.82, 2.24) is 0 Å². The van der Waals surface area contributed by atoms with E-state index in [2.05, 4.69) is 6.58 Å². The molecular weight excluding hydrogens is 152 g/mol. The Morgan fingerprint density at radius 2 is 1.92 bits per heavy atom. The van der Waals surface area contributed by atoms with Crippen LogP contribution in [0.3, 0.4) is 0 Å². The van der Waals surface area contributed by atoms with Crippen LogP contribution in [-0.2, 0) is 9.59 Å². The minimum Gasteiger partial charge on any atom is -0.299 e. The van der Waals surface area contributed by atoms with Crippen LogP contribution >= 0.6 is 0 Å². The molecule has 0 amide bonds. The Morgan fingerprint density at radius 3 is 2.33 bits per heavy atom. The summed E-state index contributed by atoms with van der Waals surface area (Å²) in [5.41, 5.74) is 0.427. The first-order valence-corrected chi connectivity index (χ1v) is 4.28. The summed E-state index contributed by atoms with van der Waals surface area (Å²) in [5, 5.41) is 0. The highest BCUT2D eigenvalue weighted by atomic mass is 16.1. The maximum absolute atomic E-state index is 11.1. The standard InChI is InChI=1S/C10H16O2/c1-4-5-6-10(12)7-8(2)9(3)11/h2,4-7H2,1,3H3. The molecule has 0 aromatic rings. The number of carbonyl (C=O) groups excluding carboxylic acids is 2. The molecule has 0 aliphatic heterocycles. The zero-order valence-electron chi connectivity index (χ0n) is 7.85. The van der Waals surface area contributed by atoms with Crippen LogP contribution in [0, 0.1) is 0 Å². The van der Waals surface area contributed by atoms with Gasteiger partial charge in [-0.15, -0.1) is 0 Å². The third-order valence-electron chi connectivity index (χ3n) is 1.72. The second kappa shape index (κ2) is 5.70. The van der Waals surface area contributed by atoms with Crippen molar-refractivity contribution in [1.29, 1.82) is 0 Å². The average Bonchev–Trinajstić information content (AvgIpc) is 2.00. The van der Waals surface area contributed by atoms with Crippen molar-refractivity contribution >= 4 is 11.6 Å². The van der Waals surface area contributed by atoms with Gasteiger partial charge in [-0.1, -0.05) is 19.9 Å². The number of allylic oxidation sites excluding steroid dienone is 1. The largest absolute Gasteiger partial charge is 0.299 e. The first-order valence-electron chi connectivity index (χ1n) is 4.28. The Balaban J connectivity index is 3.69. The first-order chi connectivity index (χ1) is 5.57. The predicted octanol–water partition coefficient (Wildman–Crippen LogP) is 2.28. The molecule has 0 radical (unpaired) electrons. The summed E-state index contributed by atoms with van der Waals surface area (Å²) < 4.78 is 0. The van der Waals surface area contributed by atoms with E-state index in [9.17, 15) is 9.59 Å². The molecule has 0 atom stereocenters. The van der Waals surface area contributed by atoms with Gasteiger partial charge in [-0.3, -0.25) is 9.59 Å². The molecule has 0 spiro atoms. The minimum atomic E-state index is -0.0835.